The molecule has 1 aromatic heterocycles. The van der Waals surface area contributed by atoms with Crippen LogP contribution in [0.4, 0.5) is 5.69 Å². The van der Waals surface area contributed by atoms with Crippen LogP contribution in [-0.4, -0.2) is 10.1 Å². The van der Waals surface area contributed by atoms with Crippen LogP contribution in [0.2, 0.25) is 0 Å². The summed E-state index contributed by atoms with van der Waals surface area (Å²) < 4.78 is 10.6. The number of nitrogens with zero attached hydrogens (tertiary/aromatic N) is 2. The summed E-state index contributed by atoms with van der Waals surface area (Å²) in [5, 5.41) is 3.90. The minimum absolute atomic E-state index is 0.273. The van der Waals surface area contributed by atoms with Gasteiger partial charge in [-0.25, -0.2) is 0 Å². The van der Waals surface area contributed by atoms with E-state index in [0.29, 0.717) is 17.5 Å². The van der Waals surface area contributed by atoms with Gasteiger partial charge in [0.2, 0.25) is 0 Å². The summed E-state index contributed by atoms with van der Waals surface area (Å²) in [4.78, 5) is 4.26. The van der Waals surface area contributed by atoms with Crippen molar-refractivity contribution >= 4 is 5.69 Å². The first-order valence-corrected chi connectivity index (χ1v) is 5.93. The van der Waals surface area contributed by atoms with Crippen LogP contribution in [0.1, 0.15) is 25.6 Å². The van der Waals surface area contributed by atoms with Gasteiger partial charge in [-0.1, -0.05) is 19.0 Å². The number of nitrogen functional groups attached to an aromatic ring is 1. The molecule has 18 heavy (non-hydrogen) atoms. The van der Waals surface area contributed by atoms with Gasteiger partial charge in [0.15, 0.2) is 12.4 Å². The van der Waals surface area contributed by atoms with Crippen LogP contribution in [0.15, 0.2) is 28.8 Å². The number of hydrogen-bond acceptors (Lipinski definition) is 5. The maximum atomic E-state index is 5.59. The molecule has 96 valence electrons. The predicted octanol–water partition coefficient (Wildman–Crippen LogP) is 2.43. The minimum atomic E-state index is 0.273. The predicted molar refractivity (Wildman–Crippen MR) is 68.0 cm³/mol. The molecule has 0 atom stereocenters. The van der Waals surface area contributed by atoms with Crippen molar-refractivity contribution in [3.63, 3.8) is 0 Å². The highest BCUT2D eigenvalue weighted by Gasteiger charge is 2.08. The minimum Gasteiger partial charge on any atom is -0.484 e. The molecule has 1 heterocycles. The van der Waals surface area contributed by atoms with Crippen molar-refractivity contribution in [2.45, 2.75) is 26.9 Å². The van der Waals surface area contributed by atoms with Crippen molar-refractivity contribution in [3.8, 4) is 5.75 Å². The molecule has 0 fully saturated rings. The third kappa shape index (κ3) is 3.48. The monoisotopic (exact) mass is 247 g/mol. The molecule has 2 aromatic rings. The summed E-state index contributed by atoms with van der Waals surface area (Å²) in [7, 11) is 0. The van der Waals surface area contributed by atoms with Crippen molar-refractivity contribution in [3.05, 3.63) is 36.0 Å². The van der Waals surface area contributed by atoms with Crippen molar-refractivity contribution in [1.82, 2.24) is 10.1 Å². The molecule has 0 radical (unpaired) electrons. The second kappa shape index (κ2) is 5.53. The second-order valence-electron chi connectivity index (χ2n) is 4.56. The standard InChI is InChI=1S/C13H17N3O2/c1-9(2)7-12-15-13(18-16-12)8-17-11-5-3-10(14)4-6-11/h3-6,9H,7-8,14H2,1-2H3. The molecule has 1 aromatic carbocycles. The highest BCUT2D eigenvalue weighted by Crippen LogP contribution is 2.14. The van der Waals surface area contributed by atoms with E-state index >= 15 is 0 Å². The maximum absolute atomic E-state index is 5.59. The smallest absolute Gasteiger partial charge is 0.264 e. The number of nitrogens with two attached hydrogens (primary N) is 1. The zero-order valence-electron chi connectivity index (χ0n) is 10.6. The molecule has 0 saturated heterocycles. The Bertz CT molecular complexity index is 491. The zero-order chi connectivity index (χ0) is 13.0. The number of aromatic nitrogens is 2. The number of rotatable bonds is 5. The first-order valence-electron chi connectivity index (χ1n) is 5.93. The largest absolute Gasteiger partial charge is 0.484 e. The summed E-state index contributed by atoms with van der Waals surface area (Å²) in [6.45, 7) is 4.50. The highest BCUT2D eigenvalue weighted by atomic mass is 16.5. The normalized spacial score (nSPS) is 10.8. The van der Waals surface area contributed by atoms with Gasteiger partial charge in [0.1, 0.15) is 5.75 Å². The number of hydrogen-bond donors (Lipinski definition) is 1. The molecule has 0 aliphatic heterocycles. The molecule has 0 saturated carbocycles. The molecule has 0 bridgehead atoms. The van der Waals surface area contributed by atoms with Gasteiger partial charge in [-0.3, -0.25) is 0 Å². The van der Waals surface area contributed by atoms with Crippen LogP contribution in [0.5, 0.6) is 5.75 Å². The van der Waals surface area contributed by atoms with Gasteiger partial charge in [0.25, 0.3) is 5.89 Å². The third-order valence-electron chi connectivity index (χ3n) is 2.34. The summed E-state index contributed by atoms with van der Waals surface area (Å²) >= 11 is 0. The van der Waals surface area contributed by atoms with E-state index in [1.807, 2.05) is 0 Å². The van der Waals surface area contributed by atoms with E-state index in [1.54, 1.807) is 24.3 Å². The first kappa shape index (κ1) is 12.4. The van der Waals surface area contributed by atoms with Crippen molar-refractivity contribution in [2.24, 2.45) is 5.92 Å². The summed E-state index contributed by atoms with van der Waals surface area (Å²) in [6, 6.07) is 7.18. The zero-order valence-corrected chi connectivity index (χ0v) is 10.6. The molecule has 0 amide bonds. The Labute approximate surface area is 106 Å². The fourth-order valence-corrected chi connectivity index (χ4v) is 1.51. The Morgan fingerprint density at radius 3 is 2.67 bits per heavy atom. The van der Waals surface area contributed by atoms with E-state index in [1.165, 1.54) is 0 Å². The van der Waals surface area contributed by atoms with Crippen LogP contribution in [-0.2, 0) is 13.0 Å². The molecule has 2 N–H and O–H groups in total. The van der Waals surface area contributed by atoms with Gasteiger partial charge in [-0.2, -0.15) is 4.98 Å². The average molecular weight is 247 g/mol. The number of benzene rings is 1. The lowest BCUT2D eigenvalue weighted by Crippen LogP contribution is -1.98. The van der Waals surface area contributed by atoms with Crippen molar-refractivity contribution in [1.29, 1.82) is 0 Å². The SMILES string of the molecule is CC(C)Cc1noc(COc2ccc(N)cc2)n1. The van der Waals surface area contributed by atoms with E-state index in [-0.39, 0.29) is 6.61 Å². The number of anilines is 1. The third-order valence-corrected chi connectivity index (χ3v) is 2.34. The Morgan fingerprint density at radius 1 is 1.28 bits per heavy atom. The van der Waals surface area contributed by atoms with Crippen LogP contribution in [0.3, 0.4) is 0 Å². The van der Waals surface area contributed by atoms with Gasteiger partial charge in [0, 0.05) is 12.1 Å². The lowest BCUT2D eigenvalue weighted by molar-refractivity contribution is 0.242. The molecule has 0 aliphatic carbocycles. The first-order chi connectivity index (χ1) is 8.63. The fraction of sp³-hybridized carbons (Fsp3) is 0.385. The summed E-state index contributed by atoms with van der Waals surface area (Å²) in [5.41, 5.74) is 6.29. The van der Waals surface area contributed by atoms with E-state index in [0.717, 1.165) is 18.0 Å². The van der Waals surface area contributed by atoms with Gasteiger partial charge >= 0.3 is 0 Å². The molecular weight excluding hydrogens is 230 g/mol. The van der Waals surface area contributed by atoms with Gasteiger partial charge < -0.3 is 15.0 Å². The van der Waals surface area contributed by atoms with Crippen LogP contribution in [0, 0.1) is 5.92 Å². The fourth-order valence-electron chi connectivity index (χ4n) is 1.51. The Balaban J connectivity index is 1.90. The van der Waals surface area contributed by atoms with Gasteiger partial charge in [0.05, 0.1) is 0 Å². The topological polar surface area (TPSA) is 74.2 Å². The Morgan fingerprint density at radius 2 is 2.00 bits per heavy atom. The van der Waals surface area contributed by atoms with Crippen LogP contribution in [0.25, 0.3) is 0 Å². The van der Waals surface area contributed by atoms with Gasteiger partial charge in [-0.05, 0) is 30.2 Å². The van der Waals surface area contributed by atoms with E-state index < -0.39 is 0 Å². The maximum Gasteiger partial charge on any atom is 0.264 e. The summed E-state index contributed by atoms with van der Waals surface area (Å²) in [5.74, 6) is 2.45. The molecule has 0 unspecified atom stereocenters. The van der Waals surface area contributed by atoms with Crippen molar-refractivity contribution < 1.29 is 9.26 Å². The number of ether oxygens (including phenoxy) is 1. The lowest BCUT2D eigenvalue weighted by Gasteiger charge is -2.02. The average Bonchev–Trinajstić information content (AvgIpc) is 2.75. The van der Waals surface area contributed by atoms with E-state index in [2.05, 4.69) is 24.0 Å². The van der Waals surface area contributed by atoms with Gasteiger partial charge in [-0.15, -0.1) is 0 Å². The van der Waals surface area contributed by atoms with Crippen LogP contribution >= 0.6 is 0 Å². The highest BCUT2D eigenvalue weighted by molar-refractivity contribution is 5.41. The second-order valence-corrected chi connectivity index (χ2v) is 4.56. The Kier molecular flexibility index (Phi) is 3.82. The van der Waals surface area contributed by atoms with Crippen molar-refractivity contribution in [2.75, 3.05) is 5.73 Å². The quantitative estimate of drug-likeness (QED) is 0.821. The molecule has 5 nitrogen and oxygen atoms in total. The molecule has 2 rings (SSSR count). The summed E-state index contributed by atoms with van der Waals surface area (Å²) in [6.07, 6.45) is 0.811. The molecular formula is C13H17N3O2. The van der Waals surface area contributed by atoms with E-state index in [4.69, 9.17) is 15.0 Å². The van der Waals surface area contributed by atoms with Crippen LogP contribution < -0.4 is 10.5 Å². The molecule has 5 heteroatoms. The molecule has 0 spiro atoms. The van der Waals surface area contributed by atoms with E-state index in [9.17, 15) is 0 Å². The molecule has 0 aliphatic rings. The lowest BCUT2D eigenvalue weighted by atomic mass is 10.1. The Hall–Kier alpha value is -2.04.